The molecule has 0 fully saturated rings. The van der Waals surface area contributed by atoms with Gasteiger partial charge in [0.1, 0.15) is 12.6 Å². The van der Waals surface area contributed by atoms with Gasteiger partial charge in [0.25, 0.3) is 0 Å². The molecule has 1 aliphatic rings. The van der Waals surface area contributed by atoms with Gasteiger partial charge in [-0.15, -0.1) is 15.3 Å². The van der Waals surface area contributed by atoms with E-state index in [1.54, 1.807) is 17.1 Å². The molecule has 0 radical (unpaired) electrons. The largest absolute Gasteiger partial charge is 0.298 e. The molecule has 102 valence electrons. The third-order valence-electron chi connectivity index (χ3n) is 3.23. The fraction of sp³-hybridized carbons (Fsp3) is 0.364. The average molecular weight is 272 g/mol. The van der Waals surface area contributed by atoms with Crippen molar-refractivity contribution in [3.63, 3.8) is 0 Å². The predicted molar refractivity (Wildman–Crippen MR) is 66.0 cm³/mol. The SMILES string of the molecule is O=CC1=CCC(Cn2cnnn2)(Cn2ncnn2)C=C1. The van der Waals surface area contributed by atoms with Crippen molar-refractivity contribution in [2.75, 3.05) is 0 Å². The van der Waals surface area contributed by atoms with Gasteiger partial charge in [-0.2, -0.15) is 4.80 Å². The molecule has 0 saturated carbocycles. The Bertz CT molecular complexity index is 591. The van der Waals surface area contributed by atoms with Crippen molar-refractivity contribution in [2.24, 2.45) is 5.41 Å². The van der Waals surface area contributed by atoms with E-state index in [-0.39, 0.29) is 5.41 Å². The Kier molecular flexibility index (Phi) is 3.15. The number of rotatable bonds is 5. The van der Waals surface area contributed by atoms with E-state index >= 15 is 0 Å². The van der Waals surface area contributed by atoms with Crippen LogP contribution in [0.1, 0.15) is 6.42 Å². The van der Waals surface area contributed by atoms with Crippen LogP contribution < -0.4 is 0 Å². The summed E-state index contributed by atoms with van der Waals surface area (Å²) in [6.07, 6.45) is 10.2. The first-order chi connectivity index (χ1) is 9.80. The number of hydrogen-bond acceptors (Lipinski definition) is 7. The first kappa shape index (κ1) is 12.3. The fourth-order valence-electron chi connectivity index (χ4n) is 2.22. The van der Waals surface area contributed by atoms with Gasteiger partial charge < -0.3 is 0 Å². The van der Waals surface area contributed by atoms with Gasteiger partial charge in [-0.05, 0) is 22.1 Å². The Labute approximate surface area is 114 Å². The van der Waals surface area contributed by atoms with Crippen molar-refractivity contribution < 1.29 is 4.79 Å². The molecule has 0 aliphatic heterocycles. The maximum absolute atomic E-state index is 10.8. The molecule has 2 aromatic rings. The second-order valence-corrected chi connectivity index (χ2v) is 4.70. The molecule has 1 aliphatic carbocycles. The smallest absolute Gasteiger partial charge is 0.162 e. The van der Waals surface area contributed by atoms with E-state index in [2.05, 4.69) is 30.9 Å². The number of hydrogen-bond donors (Lipinski definition) is 0. The summed E-state index contributed by atoms with van der Waals surface area (Å²) in [6.45, 7) is 1.10. The van der Waals surface area contributed by atoms with Crippen molar-refractivity contribution in [2.45, 2.75) is 19.5 Å². The lowest BCUT2D eigenvalue weighted by atomic mass is 9.80. The topological polar surface area (TPSA) is 104 Å². The number of aldehydes is 1. The van der Waals surface area contributed by atoms with Crippen molar-refractivity contribution in [1.82, 2.24) is 40.4 Å². The molecule has 9 heteroatoms. The zero-order chi connectivity index (χ0) is 13.8. The van der Waals surface area contributed by atoms with Crippen molar-refractivity contribution in [3.05, 3.63) is 36.5 Å². The zero-order valence-corrected chi connectivity index (χ0v) is 10.6. The number of carbonyl (C=O) groups excluding carboxylic acids is 1. The van der Waals surface area contributed by atoms with Crippen LogP contribution in [0.3, 0.4) is 0 Å². The quantitative estimate of drug-likeness (QED) is 0.671. The van der Waals surface area contributed by atoms with Gasteiger partial charge in [0.05, 0.1) is 13.1 Å². The van der Waals surface area contributed by atoms with Gasteiger partial charge in [0, 0.05) is 11.0 Å². The summed E-state index contributed by atoms with van der Waals surface area (Å²) in [5.74, 6) is 0. The van der Waals surface area contributed by atoms with Crippen LogP contribution in [0.2, 0.25) is 0 Å². The Hall–Kier alpha value is -2.71. The highest BCUT2D eigenvalue weighted by Gasteiger charge is 2.31. The third-order valence-corrected chi connectivity index (χ3v) is 3.23. The lowest BCUT2D eigenvalue weighted by Crippen LogP contribution is -2.32. The molecule has 9 nitrogen and oxygen atoms in total. The summed E-state index contributed by atoms with van der Waals surface area (Å²) in [4.78, 5) is 12.3. The highest BCUT2D eigenvalue weighted by atomic mass is 16.1. The summed E-state index contributed by atoms with van der Waals surface area (Å²) in [5.41, 5.74) is 0.381. The average Bonchev–Trinajstić information content (AvgIpc) is 3.13. The van der Waals surface area contributed by atoms with Crippen LogP contribution in [0, 0.1) is 5.41 Å². The minimum absolute atomic E-state index is 0.289. The molecule has 1 atom stereocenters. The monoisotopic (exact) mass is 272 g/mol. The van der Waals surface area contributed by atoms with E-state index in [0.29, 0.717) is 25.1 Å². The fourth-order valence-corrected chi connectivity index (χ4v) is 2.22. The van der Waals surface area contributed by atoms with Gasteiger partial charge >= 0.3 is 0 Å². The van der Waals surface area contributed by atoms with Gasteiger partial charge in [-0.25, -0.2) is 4.68 Å². The Morgan fingerprint density at radius 2 is 2.25 bits per heavy atom. The zero-order valence-electron chi connectivity index (χ0n) is 10.6. The second kappa shape index (κ2) is 5.11. The van der Waals surface area contributed by atoms with Crippen molar-refractivity contribution in [3.8, 4) is 0 Å². The Morgan fingerprint density at radius 1 is 1.30 bits per heavy atom. The van der Waals surface area contributed by atoms with Crippen LogP contribution in [0.5, 0.6) is 0 Å². The lowest BCUT2D eigenvalue weighted by molar-refractivity contribution is -0.104. The van der Waals surface area contributed by atoms with Crippen molar-refractivity contribution in [1.29, 1.82) is 0 Å². The Balaban J connectivity index is 1.85. The highest BCUT2D eigenvalue weighted by molar-refractivity contribution is 5.77. The van der Waals surface area contributed by atoms with Crippen molar-refractivity contribution >= 4 is 6.29 Å². The number of carbonyl (C=O) groups is 1. The summed E-state index contributed by atoms with van der Waals surface area (Å²) in [7, 11) is 0. The molecule has 1 unspecified atom stereocenters. The minimum atomic E-state index is -0.289. The van der Waals surface area contributed by atoms with Gasteiger partial charge in [0.2, 0.25) is 0 Å². The molecule has 0 amide bonds. The second-order valence-electron chi connectivity index (χ2n) is 4.70. The summed E-state index contributed by atoms with van der Waals surface area (Å²) in [6, 6.07) is 0. The number of tetrazole rings is 2. The van der Waals surface area contributed by atoms with E-state index in [9.17, 15) is 4.79 Å². The van der Waals surface area contributed by atoms with Crippen LogP contribution in [0.15, 0.2) is 36.5 Å². The van der Waals surface area contributed by atoms with E-state index in [4.69, 9.17) is 0 Å². The maximum Gasteiger partial charge on any atom is 0.162 e. The van der Waals surface area contributed by atoms with E-state index in [1.165, 1.54) is 11.1 Å². The van der Waals surface area contributed by atoms with Crippen LogP contribution >= 0.6 is 0 Å². The molecular weight excluding hydrogens is 260 g/mol. The summed E-state index contributed by atoms with van der Waals surface area (Å²) >= 11 is 0. The summed E-state index contributed by atoms with van der Waals surface area (Å²) in [5, 5.41) is 22.8. The minimum Gasteiger partial charge on any atom is -0.298 e. The predicted octanol–water partition coefficient (Wildman–Crippen LogP) is -0.569. The molecule has 2 heterocycles. The van der Waals surface area contributed by atoms with E-state index in [0.717, 1.165) is 6.29 Å². The van der Waals surface area contributed by atoms with Gasteiger partial charge in [-0.1, -0.05) is 18.2 Å². The highest BCUT2D eigenvalue weighted by Crippen LogP contribution is 2.32. The van der Waals surface area contributed by atoms with Crippen LogP contribution in [-0.4, -0.2) is 46.7 Å². The normalized spacial score (nSPS) is 21.7. The van der Waals surface area contributed by atoms with Crippen LogP contribution in [0.4, 0.5) is 0 Å². The molecule has 0 aromatic carbocycles. The third kappa shape index (κ3) is 2.51. The number of nitrogens with zero attached hydrogens (tertiary/aromatic N) is 8. The molecule has 20 heavy (non-hydrogen) atoms. The summed E-state index contributed by atoms with van der Waals surface area (Å²) < 4.78 is 1.65. The van der Waals surface area contributed by atoms with Crippen LogP contribution in [-0.2, 0) is 17.9 Å². The molecule has 0 N–H and O–H groups in total. The maximum atomic E-state index is 10.8. The first-order valence-corrected chi connectivity index (χ1v) is 6.06. The molecular formula is C11H12N8O. The molecule has 0 saturated heterocycles. The molecule has 0 spiro atoms. The number of allylic oxidation sites excluding steroid dienone is 4. The lowest BCUT2D eigenvalue weighted by Gasteiger charge is -2.30. The van der Waals surface area contributed by atoms with E-state index < -0.39 is 0 Å². The molecule has 0 bridgehead atoms. The standard InChI is InChI=1S/C11H12N8O/c20-5-10-1-3-11(4-2-10,6-18-9-13-15-17-18)7-19-14-8-12-16-19/h1-3,5,8-9H,4,6-7H2. The number of aromatic nitrogens is 8. The first-order valence-electron chi connectivity index (χ1n) is 6.06. The molecule has 3 rings (SSSR count). The van der Waals surface area contributed by atoms with Crippen LogP contribution in [0.25, 0.3) is 0 Å². The van der Waals surface area contributed by atoms with E-state index in [1.807, 2.05) is 12.2 Å². The Morgan fingerprint density at radius 3 is 2.85 bits per heavy atom. The molecule has 2 aromatic heterocycles. The van der Waals surface area contributed by atoms with Gasteiger partial charge in [0.15, 0.2) is 6.33 Å². The van der Waals surface area contributed by atoms with Gasteiger partial charge in [-0.3, -0.25) is 4.79 Å².